The van der Waals surface area contributed by atoms with Crippen molar-refractivity contribution in [1.29, 1.82) is 0 Å². The molecule has 158 valence electrons. The van der Waals surface area contributed by atoms with Crippen molar-refractivity contribution in [3.05, 3.63) is 53.5 Å². The first-order valence-corrected chi connectivity index (χ1v) is 11.6. The molecule has 0 aliphatic carbocycles. The van der Waals surface area contributed by atoms with Crippen LogP contribution in [0.3, 0.4) is 0 Å². The first-order valence-electron chi connectivity index (χ1n) is 9.82. The number of carbonyl (C=O) groups excluding carboxylic acids is 1. The lowest BCUT2D eigenvalue weighted by Crippen LogP contribution is -2.43. The van der Waals surface area contributed by atoms with Gasteiger partial charge in [0.25, 0.3) is 5.91 Å². The summed E-state index contributed by atoms with van der Waals surface area (Å²) in [7, 11) is -3.11. The first kappa shape index (κ1) is 21.4. The van der Waals surface area contributed by atoms with Gasteiger partial charge in [0, 0.05) is 6.04 Å². The molecule has 0 saturated carbocycles. The fraction of sp³-hybridized carbons (Fsp3) is 0.500. The highest BCUT2D eigenvalue weighted by Crippen LogP contribution is 2.25. The van der Waals surface area contributed by atoms with Crippen LogP contribution in [0.4, 0.5) is 0 Å². The summed E-state index contributed by atoms with van der Waals surface area (Å²) >= 11 is 0. The van der Waals surface area contributed by atoms with Crippen molar-refractivity contribution in [2.24, 2.45) is 0 Å². The molecule has 1 aliphatic rings. The number of benzene rings is 1. The molecule has 2 aromatic rings. The summed E-state index contributed by atoms with van der Waals surface area (Å²) in [6, 6.07) is 11.0. The van der Waals surface area contributed by atoms with Crippen molar-refractivity contribution in [2.45, 2.75) is 52.1 Å². The highest BCUT2D eigenvalue weighted by molar-refractivity contribution is 7.91. The number of hydrogen-bond donors (Lipinski definition) is 0. The van der Waals surface area contributed by atoms with Gasteiger partial charge in [0.1, 0.15) is 17.3 Å². The fourth-order valence-electron chi connectivity index (χ4n) is 3.46. The number of hydrogen-bond acceptors (Lipinski definition) is 5. The van der Waals surface area contributed by atoms with Crippen LogP contribution in [0, 0.1) is 6.92 Å². The van der Waals surface area contributed by atoms with Crippen molar-refractivity contribution in [2.75, 3.05) is 18.1 Å². The maximum atomic E-state index is 12.9. The Bertz CT molecular complexity index is 954. The number of amides is 1. The Morgan fingerprint density at radius 1 is 1.17 bits per heavy atom. The molecule has 1 aromatic heterocycles. The molecular formula is C22H29NO5S. The fourth-order valence-corrected chi connectivity index (χ4v) is 5.19. The third-order valence-corrected chi connectivity index (χ3v) is 6.92. The van der Waals surface area contributed by atoms with Crippen LogP contribution < -0.4 is 4.74 Å². The lowest BCUT2D eigenvalue weighted by atomic mass is 9.87. The average Bonchev–Trinajstić information content (AvgIpc) is 3.22. The van der Waals surface area contributed by atoms with Gasteiger partial charge in [-0.15, -0.1) is 0 Å². The lowest BCUT2D eigenvalue weighted by molar-refractivity contribution is -0.136. The molecular weight excluding hydrogens is 390 g/mol. The number of rotatable bonds is 6. The summed E-state index contributed by atoms with van der Waals surface area (Å²) in [6.07, 6.45) is 0.439. The molecule has 29 heavy (non-hydrogen) atoms. The van der Waals surface area contributed by atoms with Gasteiger partial charge in [-0.25, -0.2) is 8.42 Å². The number of nitrogens with zero attached hydrogens (tertiary/aromatic N) is 1. The minimum atomic E-state index is -3.11. The van der Waals surface area contributed by atoms with E-state index in [0.717, 1.165) is 5.76 Å². The lowest BCUT2D eigenvalue weighted by Gasteiger charge is -2.27. The van der Waals surface area contributed by atoms with Gasteiger partial charge in [0.2, 0.25) is 0 Å². The van der Waals surface area contributed by atoms with Gasteiger partial charge in [-0.3, -0.25) is 4.79 Å². The maximum Gasteiger partial charge on any atom is 0.261 e. The van der Waals surface area contributed by atoms with Gasteiger partial charge in [0.15, 0.2) is 16.4 Å². The summed E-state index contributed by atoms with van der Waals surface area (Å²) in [5.41, 5.74) is 1.22. The van der Waals surface area contributed by atoms with Crippen LogP contribution in [0.25, 0.3) is 0 Å². The van der Waals surface area contributed by atoms with E-state index in [-0.39, 0.29) is 42.0 Å². The van der Waals surface area contributed by atoms with Gasteiger partial charge in [-0.1, -0.05) is 32.9 Å². The Labute approximate surface area is 172 Å². The Balaban J connectivity index is 1.69. The van der Waals surface area contributed by atoms with Crippen LogP contribution >= 0.6 is 0 Å². The second-order valence-corrected chi connectivity index (χ2v) is 10.9. The molecule has 1 atom stereocenters. The van der Waals surface area contributed by atoms with Crippen molar-refractivity contribution in [3.63, 3.8) is 0 Å². The minimum Gasteiger partial charge on any atom is -0.484 e. The van der Waals surface area contributed by atoms with Crippen LogP contribution in [-0.4, -0.2) is 43.4 Å². The van der Waals surface area contributed by atoms with E-state index in [2.05, 4.69) is 20.8 Å². The minimum absolute atomic E-state index is 0.0152. The second-order valence-electron chi connectivity index (χ2n) is 8.65. The molecule has 0 spiro atoms. The van der Waals surface area contributed by atoms with E-state index in [4.69, 9.17) is 9.15 Å². The van der Waals surface area contributed by atoms with E-state index in [0.29, 0.717) is 17.9 Å². The molecule has 1 aliphatic heterocycles. The second kappa shape index (κ2) is 8.22. The Morgan fingerprint density at radius 2 is 1.86 bits per heavy atom. The van der Waals surface area contributed by atoms with Gasteiger partial charge in [0.05, 0.1) is 18.1 Å². The molecule has 0 N–H and O–H groups in total. The predicted octanol–water partition coefficient (Wildman–Crippen LogP) is 3.48. The molecule has 0 bridgehead atoms. The van der Waals surface area contributed by atoms with E-state index in [1.165, 1.54) is 5.56 Å². The zero-order valence-electron chi connectivity index (χ0n) is 17.5. The van der Waals surface area contributed by atoms with Crippen molar-refractivity contribution < 1.29 is 22.4 Å². The van der Waals surface area contributed by atoms with Crippen LogP contribution in [0.1, 0.15) is 44.3 Å². The van der Waals surface area contributed by atoms with Crippen LogP contribution in [0.15, 0.2) is 40.8 Å². The van der Waals surface area contributed by atoms with Crippen molar-refractivity contribution >= 4 is 15.7 Å². The maximum absolute atomic E-state index is 12.9. The van der Waals surface area contributed by atoms with E-state index >= 15 is 0 Å². The van der Waals surface area contributed by atoms with Crippen LogP contribution in [-0.2, 0) is 26.6 Å². The predicted molar refractivity (Wildman–Crippen MR) is 112 cm³/mol. The molecule has 1 saturated heterocycles. The number of sulfone groups is 1. The normalized spacial score (nSPS) is 18.6. The molecule has 2 heterocycles. The standard InChI is InChI=1S/C22H29NO5S/c1-16-5-8-20(28-16)13-23(18-11-12-29(25,26)15-18)21(24)14-27-19-9-6-17(7-10-19)22(2,3)4/h5-10,18H,11-15H2,1-4H3/t18-/m1/s1. The highest BCUT2D eigenvalue weighted by atomic mass is 32.2. The Morgan fingerprint density at radius 3 is 2.38 bits per heavy atom. The molecule has 6 nitrogen and oxygen atoms in total. The zero-order chi connectivity index (χ0) is 21.2. The third-order valence-electron chi connectivity index (χ3n) is 5.17. The number of ether oxygens (including phenoxy) is 1. The monoisotopic (exact) mass is 419 g/mol. The molecule has 1 fully saturated rings. The number of aryl methyl sites for hydroxylation is 1. The Kier molecular flexibility index (Phi) is 6.08. The molecule has 1 aromatic carbocycles. The van der Waals surface area contributed by atoms with Gasteiger partial charge < -0.3 is 14.1 Å². The summed E-state index contributed by atoms with van der Waals surface area (Å²) in [4.78, 5) is 14.5. The van der Waals surface area contributed by atoms with E-state index in [9.17, 15) is 13.2 Å². The number of carbonyl (C=O) groups is 1. The van der Waals surface area contributed by atoms with Crippen LogP contribution in [0.5, 0.6) is 5.75 Å². The first-order chi connectivity index (χ1) is 13.5. The topological polar surface area (TPSA) is 76.8 Å². The van der Waals surface area contributed by atoms with Crippen molar-refractivity contribution in [1.82, 2.24) is 4.90 Å². The zero-order valence-corrected chi connectivity index (χ0v) is 18.3. The van der Waals surface area contributed by atoms with E-state index in [1.54, 1.807) is 4.90 Å². The van der Waals surface area contributed by atoms with E-state index < -0.39 is 9.84 Å². The smallest absolute Gasteiger partial charge is 0.261 e. The summed E-state index contributed by atoms with van der Waals surface area (Å²) < 4.78 is 35.1. The average molecular weight is 420 g/mol. The highest BCUT2D eigenvalue weighted by Gasteiger charge is 2.35. The van der Waals surface area contributed by atoms with Crippen LogP contribution in [0.2, 0.25) is 0 Å². The molecule has 3 rings (SSSR count). The molecule has 7 heteroatoms. The van der Waals surface area contributed by atoms with Crippen molar-refractivity contribution in [3.8, 4) is 5.75 Å². The van der Waals surface area contributed by atoms with Gasteiger partial charge in [-0.05, 0) is 48.6 Å². The number of furan rings is 1. The third kappa shape index (κ3) is 5.63. The molecule has 1 amide bonds. The Hall–Kier alpha value is -2.28. The molecule has 0 radical (unpaired) electrons. The summed E-state index contributed by atoms with van der Waals surface area (Å²) in [5, 5.41) is 0. The summed E-state index contributed by atoms with van der Waals surface area (Å²) in [6.45, 7) is 8.33. The SMILES string of the molecule is Cc1ccc(CN(C(=O)COc2ccc(C(C)(C)C)cc2)[C@@H]2CCS(=O)(=O)C2)o1. The molecule has 0 unspecified atom stereocenters. The largest absolute Gasteiger partial charge is 0.484 e. The summed E-state index contributed by atoms with van der Waals surface area (Å²) in [5.74, 6) is 1.84. The van der Waals surface area contributed by atoms with E-state index in [1.807, 2.05) is 43.3 Å². The van der Waals surface area contributed by atoms with Gasteiger partial charge in [-0.2, -0.15) is 0 Å². The van der Waals surface area contributed by atoms with Gasteiger partial charge >= 0.3 is 0 Å². The quantitative estimate of drug-likeness (QED) is 0.716.